The molecule has 0 spiro atoms. The number of nitrogens with zero attached hydrogens (tertiary/aromatic N) is 1. The highest BCUT2D eigenvalue weighted by atomic mass is 16.5. The van der Waals surface area contributed by atoms with E-state index in [1.54, 1.807) is 12.4 Å². The monoisotopic (exact) mass is 258 g/mol. The zero-order chi connectivity index (χ0) is 13.1. The lowest BCUT2D eigenvalue weighted by atomic mass is 10.2. The molecule has 1 fully saturated rings. The van der Waals surface area contributed by atoms with E-state index in [1.165, 1.54) is 12.8 Å². The van der Waals surface area contributed by atoms with Gasteiger partial charge in [-0.25, -0.2) is 0 Å². The minimum Gasteiger partial charge on any atom is -0.487 e. The van der Waals surface area contributed by atoms with Crippen LogP contribution in [0.4, 0.5) is 0 Å². The maximum Gasteiger partial charge on any atom is 0.138 e. The van der Waals surface area contributed by atoms with Gasteiger partial charge in [0.1, 0.15) is 23.9 Å². The third kappa shape index (κ3) is 3.35. The van der Waals surface area contributed by atoms with Crippen LogP contribution in [-0.2, 0) is 13.2 Å². The third-order valence-electron chi connectivity index (χ3n) is 3.24. The average Bonchev–Trinajstić information content (AvgIpc) is 3.19. The number of rotatable bonds is 6. The first kappa shape index (κ1) is 12.2. The number of hydrogen-bond donors (Lipinski definition) is 1. The van der Waals surface area contributed by atoms with Crippen molar-refractivity contribution in [1.82, 2.24) is 10.3 Å². The predicted molar refractivity (Wildman–Crippen MR) is 71.9 cm³/mol. The van der Waals surface area contributed by atoms with E-state index in [4.69, 9.17) is 9.15 Å². The van der Waals surface area contributed by atoms with Crippen LogP contribution in [0.25, 0.3) is 0 Å². The van der Waals surface area contributed by atoms with Crippen molar-refractivity contribution in [2.75, 3.05) is 0 Å². The molecule has 0 aromatic carbocycles. The Morgan fingerprint density at radius 2 is 2.37 bits per heavy atom. The molecule has 1 aliphatic carbocycles. The molecule has 0 amide bonds. The van der Waals surface area contributed by atoms with E-state index < -0.39 is 0 Å². The Morgan fingerprint density at radius 1 is 1.47 bits per heavy atom. The number of aromatic nitrogens is 1. The smallest absolute Gasteiger partial charge is 0.138 e. The Kier molecular flexibility index (Phi) is 3.51. The number of aryl methyl sites for hydroxylation is 1. The molecule has 0 aliphatic heterocycles. The van der Waals surface area contributed by atoms with Gasteiger partial charge in [-0.15, -0.1) is 0 Å². The maximum absolute atomic E-state index is 5.72. The Bertz CT molecular complexity index is 532. The molecule has 100 valence electrons. The molecule has 2 heterocycles. The van der Waals surface area contributed by atoms with Crippen molar-refractivity contribution in [3.8, 4) is 5.75 Å². The first-order chi connectivity index (χ1) is 9.31. The largest absolute Gasteiger partial charge is 0.487 e. The van der Waals surface area contributed by atoms with Crippen LogP contribution in [0, 0.1) is 6.92 Å². The van der Waals surface area contributed by atoms with Crippen molar-refractivity contribution in [2.24, 2.45) is 0 Å². The molecule has 3 rings (SSSR count). The Hall–Kier alpha value is -1.81. The molecule has 2 aromatic rings. The van der Waals surface area contributed by atoms with Crippen LogP contribution in [0.3, 0.4) is 0 Å². The summed E-state index contributed by atoms with van der Waals surface area (Å²) < 4.78 is 11.4. The first-order valence-electron chi connectivity index (χ1n) is 6.65. The van der Waals surface area contributed by atoms with Crippen molar-refractivity contribution < 1.29 is 9.15 Å². The lowest BCUT2D eigenvalue weighted by Crippen LogP contribution is -2.14. The van der Waals surface area contributed by atoms with E-state index in [-0.39, 0.29) is 0 Å². The van der Waals surface area contributed by atoms with Crippen LogP contribution >= 0.6 is 0 Å². The molecule has 19 heavy (non-hydrogen) atoms. The molecule has 1 aliphatic rings. The van der Waals surface area contributed by atoms with Gasteiger partial charge in [0, 0.05) is 17.8 Å². The number of furan rings is 1. The summed E-state index contributed by atoms with van der Waals surface area (Å²) in [4.78, 5) is 4.02. The van der Waals surface area contributed by atoms with Gasteiger partial charge in [0.05, 0.1) is 12.7 Å². The van der Waals surface area contributed by atoms with Crippen molar-refractivity contribution in [2.45, 2.75) is 39.0 Å². The van der Waals surface area contributed by atoms with Crippen LogP contribution < -0.4 is 10.1 Å². The molecule has 1 saturated carbocycles. The molecule has 4 heteroatoms. The summed E-state index contributed by atoms with van der Waals surface area (Å²) in [5.41, 5.74) is 1.09. The van der Waals surface area contributed by atoms with Gasteiger partial charge in [-0.3, -0.25) is 4.98 Å². The van der Waals surface area contributed by atoms with Crippen LogP contribution in [0.1, 0.15) is 29.9 Å². The predicted octanol–water partition coefficient (Wildman–Crippen LogP) is 2.81. The summed E-state index contributed by atoms with van der Waals surface area (Å²) in [6, 6.07) is 6.53. The zero-order valence-corrected chi connectivity index (χ0v) is 11.1. The second-order valence-corrected chi connectivity index (χ2v) is 4.93. The highest BCUT2D eigenvalue weighted by Crippen LogP contribution is 2.21. The SMILES string of the molecule is Cc1oc(CNC2CC2)cc1COc1cccnc1. The number of ether oxygens (including phenoxy) is 1. The number of hydrogen-bond acceptors (Lipinski definition) is 4. The van der Waals surface area contributed by atoms with E-state index in [2.05, 4.69) is 16.4 Å². The molecule has 4 nitrogen and oxygen atoms in total. The second-order valence-electron chi connectivity index (χ2n) is 4.93. The second kappa shape index (κ2) is 5.45. The number of nitrogens with one attached hydrogen (secondary N) is 1. The summed E-state index contributed by atoms with van der Waals surface area (Å²) in [5.74, 6) is 2.69. The van der Waals surface area contributed by atoms with Gasteiger partial charge in [-0.05, 0) is 38.0 Å². The molecule has 0 saturated heterocycles. The third-order valence-corrected chi connectivity index (χ3v) is 3.24. The molecule has 0 unspecified atom stereocenters. The topological polar surface area (TPSA) is 47.3 Å². The lowest BCUT2D eigenvalue weighted by molar-refractivity contribution is 0.301. The first-order valence-corrected chi connectivity index (χ1v) is 6.65. The summed E-state index contributed by atoms with van der Waals surface area (Å²) >= 11 is 0. The van der Waals surface area contributed by atoms with Crippen molar-refractivity contribution >= 4 is 0 Å². The maximum atomic E-state index is 5.72. The highest BCUT2D eigenvalue weighted by molar-refractivity contribution is 5.22. The van der Waals surface area contributed by atoms with Gasteiger partial charge >= 0.3 is 0 Å². The van der Waals surface area contributed by atoms with Crippen LogP contribution in [0.15, 0.2) is 35.0 Å². The van der Waals surface area contributed by atoms with Crippen LogP contribution in [0.2, 0.25) is 0 Å². The van der Waals surface area contributed by atoms with Crippen molar-refractivity contribution in [3.63, 3.8) is 0 Å². The quantitative estimate of drug-likeness (QED) is 0.865. The van der Waals surface area contributed by atoms with E-state index in [1.807, 2.05) is 19.1 Å². The van der Waals surface area contributed by atoms with E-state index in [0.29, 0.717) is 12.6 Å². The lowest BCUT2D eigenvalue weighted by Gasteiger charge is -2.03. The molecular formula is C15H18N2O2. The molecule has 2 aromatic heterocycles. The van der Waals surface area contributed by atoms with Crippen molar-refractivity contribution in [1.29, 1.82) is 0 Å². The molecule has 0 atom stereocenters. The normalized spacial score (nSPS) is 14.6. The number of pyridine rings is 1. The van der Waals surface area contributed by atoms with Gasteiger partial charge in [-0.2, -0.15) is 0 Å². The Morgan fingerprint density at radius 3 is 3.11 bits per heavy atom. The molecule has 0 bridgehead atoms. The van der Waals surface area contributed by atoms with E-state index >= 15 is 0 Å². The van der Waals surface area contributed by atoms with Gasteiger partial charge in [0.25, 0.3) is 0 Å². The fraction of sp³-hybridized carbons (Fsp3) is 0.400. The van der Waals surface area contributed by atoms with E-state index in [0.717, 1.165) is 29.4 Å². The summed E-state index contributed by atoms with van der Waals surface area (Å²) in [6.45, 7) is 3.30. The van der Waals surface area contributed by atoms with E-state index in [9.17, 15) is 0 Å². The molecule has 0 radical (unpaired) electrons. The Labute approximate surface area is 112 Å². The van der Waals surface area contributed by atoms with Crippen LogP contribution in [-0.4, -0.2) is 11.0 Å². The summed E-state index contributed by atoms with van der Waals surface area (Å²) in [6.07, 6.45) is 6.02. The van der Waals surface area contributed by atoms with Gasteiger partial charge in [0.15, 0.2) is 0 Å². The summed E-state index contributed by atoms with van der Waals surface area (Å²) in [7, 11) is 0. The summed E-state index contributed by atoms with van der Waals surface area (Å²) in [5, 5.41) is 3.44. The van der Waals surface area contributed by atoms with Crippen molar-refractivity contribution in [3.05, 3.63) is 47.7 Å². The Balaban J connectivity index is 1.57. The van der Waals surface area contributed by atoms with Gasteiger partial charge < -0.3 is 14.5 Å². The minimum atomic E-state index is 0.518. The molecule has 1 N–H and O–H groups in total. The fourth-order valence-corrected chi connectivity index (χ4v) is 1.94. The van der Waals surface area contributed by atoms with Crippen LogP contribution in [0.5, 0.6) is 5.75 Å². The highest BCUT2D eigenvalue weighted by Gasteiger charge is 2.20. The van der Waals surface area contributed by atoms with Gasteiger partial charge in [-0.1, -0.05) is 0 Å². The fourth-order valence-electron chi connectivity index (χ4n) is 1.94. The standard InChI is InChI=1S/C15H18N2O2/c1-11-12(10-18-14-3-2-6-16-8-14)7-15(19-11)9-17-13-4-5-13/h2-3,6-8,13,17H,4-5,9-10H2,1H3. The zero-order valence-electron chi connectivity index (χ0n) is 11.1. The molecular weight excluding hydrogens is 240 g/mol. The van der Waals surface area contributed by atoms with Gasteiger partial charge in [0.2, 0.25) is 0 Å². The minimum absolute atomic E-state index is 0.518. The average molecular weight is 258 g/mol.